The van der Waals surface area contributed by atoms with Gasteiger partial charge < -0.3 is 64.6 Å². The summed E-state index contributed by atoms with van der Waals surface area (Å²) < 4.78 is 22.2. The van der Waals surface area contributed by atoms with Gasteiger partial charge in [-0.15, -0.1) is 0 Å². The van der Waals surface area contributed by atoms with Crippen molar-refractivity contribution < 1.29 is 69.4 Å². The Labute approximate surface area is 239 Å². The minimum atomic E-state index is -2.03. The highest BCUT2D eigenvalue weighted by molar-refractivity contribution is 5.91. The van der Waals surface area contributed by atoms with Gasteiger partial charge in [-0.05, 0) is 36.4 Å². The average molecular weight is 600 g/mol. The van der Waals surface area contributed by atoms with E-state index < -0.39 is 94.2 Å². The first-order valence-corrected chi connectivity index (χ1v) is 12.5. The van der Waals surface area contributed by atoms with Crippen molar-refractivity contribution in [1.29, 1.82) is 0 Å². The molecule has 0 aliphatic carbocycles. The molecule has 0 radical (unpaired) electrons. The molecule has 2 heterocycles. The first kappa shape index (κ1) is 29.3. The van der Waals surface area contributed by atoms with Crippen LogP contribution in [-0.2, 0) is 9.47 Å². The van der Waals surface area contributed by atoms with Crippen molar-refractivity contribution in [3.8, 4) is 51.6 Å². The summed E-state index contributed by atoms with van der Waals surface area (Å²) in [5.41, 5.74) is -1.50. The Kier molecular flexibility index (Phi) is 7.64. The highest BCUT2D eigenvalue weighted by Gasteiger charge is 2.48. The van der Waals surface area contributed by atoms with Crippen LogP contribution in [0.1, 0.15) is 10.4 Å². The lowest BCUT2D eigenvalue weighted by Crippen LogP contribution is -2.61. The number of benzene rings is 3. The van der Waals surface area contributed by atoms with Gasteiger partial charge in [0.05, 0.1) is 12.2 Å². The zero-order valence-corrected chi connectivity index (χ0v) is 21.7. The number of hydrogen-bond donors (Lipinski definition) is 9. The number of phenolic OH excluding ortho intramolecular Hbond substituents is 6. The maximum atomic E-state index is 13.5. The number of esters is 1. The Hall–Kier alpha value is -5.22. The molecule has 0 spiro atoms. The van der Waals surface area contributed by atoms with Crippen LogP contribution in [0.4, 0.5) is 0 Å². The highest BCUT2D eigenvalue weighted by atomic mass is 16.7. The normalized spacial score (nSPS) is 21.9. The third-order valence-electron chi connectivity index (χ3n) is 6.65. The van der Waals surface area contributed by atoms with Crippen LogP contribution in [0.5, 0.6) is 40.2 Å². The van der Waals surface area contributed by atoms with Gasteiger partial charge in [-0.2, -0.15) is 0 Å². The first-order valence-electron chi connectivity index (χ1n) is 12.5. The zero-order valence-electron chi connectivity index (χ0n) is 21.7. The predicted molar refractivity (Wildman–Crippen MR) is 142 cm³/mol. The molecule has 15 heteroatoms. The number of aliphatic hydroxyl groups is 3. The van der Waals surface area contributed by atoms with E-state index in [4.69, 9.17) is 18.6 Å². The summed E-state index contributed by atoms with van der Waals surface area (Å²) in [5.74, 6) is -5.95. The van der Waals surface area contributed by atoms with Gasteiger partial charge in [0, 0.05) is 17.7 Å². The summed E-state index contributed by atoms with van der Waals surface area (Å²) in [6, 6.07) is 8.73. The van der Waals surface area contributed by atoms with E-state index in [-0.39, 0.29) is 22.7 Å². The smallest absolute Gasteiger partial charge is 0.338 e. The molecule has 3 aromatic carbocycles. The molecule has 1 aliphatic rings. The van der Waals surface area contributed by atoms with Crippen molar-refractivity contribution >= 4 is 16.9 Å². The van der Waals surface area contributed by atoms with Crippen LogP contribution >= 0.6 is 0 Å². The molecule has 0 unspecified atom stereocenters. The minimum Gasteiger partial charge on any atom is -0.508 e. The van der Waals surface area contributed by atoms with Crippen LogP contribution in [0.2, 0.25) is 0 Å². The summed E-state index contributed by atoms with van der Waals surface area (Å²) in [7, 11) is 0. The summed E-state index contributed by atoms with van der Waals surface area (Å²) in [6.45, 7) is -0.898. The molecule has 15 nitrogen and oxygen atoms in total. The van der Waals surface area contributed by atoms with E-state index in [1.165, 1.54) is 24.3 Å². The van der Waals surface area contributed by atoms with Gasteiger partial charge in [-0.25, -0.2) is 4.79 Å². The average Bonchev–Trinajstić information content (AvgIpc) is 2.96. The summed E-state index contributed by atoms with van der Waals surface area (Å²) >= 11 is 0. The van der Waals surface area contributed by atoms with Gasteiger partial charge in [-0.1, -0.05) is 0 Å². The van der Waals surface area contributed by atoms with E-state index in [9.17, 15) is 55.5 Å². The molecule has 5 rings (SSSR count). The maximum Gasteiger partial charge on any atom is 0.338 e. The second-order valence-electron chi connectivity index (χ2n) is 9.53. The largest absolute Gasteiger partial charge is 0.508 e. The highest BCUT2D eigenvalue weighted by Crippen LogP contribution is 2.38. The van der Waals surface area contributed by atoms with Gasteiger partial charge in [-0.3, -0.25) is 4.79 Å². The molecular formula is C28H24O15. The SMILES string of the molecule is O=C(O[C@@H]1[C@@H](O)[C@H](O)[C@@H](Oc2c(-c3ccc(O)cc3)oc3cc(O)cc(O)c3c2=O)O[C@H]1CO)c1cc(O)c(O)c(O)c1. The molecule has 1 fully saturated rings. The molecule has 0 bridgehead atoms. The number of carbonyl (C=O) groups excluding carboxylic acids is 1. The third kappa shape index (κ3) is 5.40. The number of aromatic hydroxyl groups is 6. The van der Waals surface area contributed by atoms with Crippen molar-refractivity contribution in [2.75, 3.05) is 6.61 Å². The summed E-state index contributed by atoms with van der Waals surface area (Å²) in [6.07, 6.45) is -9.20. The number of fused-ring (bicyclic) bond motifs is 1. The lowest BCUT2D eigenvalue weighted by Gasteiger charge is -2.41. The number of rotatable bonds is 6. The van der Waals surface area contributed by atoms with E-state index in [1.54, 1.807) is 0 Å². The number of carbonyl (C=O) groups is 1. The number of phenols is 6. The molecule has 0 saturated carbocycles. The van der Waals surface area contributed by atoms with Crippen molar-refractivity contribution in [3.05, 3.63) is 64.3 Å². The number of hydrogen-bond acceptors (Lipinski definition) is 15. The van der Waals surface area contributed by atoms with Crippen molar-refractivity contribution in [3.63, 3.8) is 0 Å². The molecule has 226 valence electrons. The number of aliphatic hydroxyl groups excluding tert-OH is 3. The van der Waals surface area contributed by atoms with Crippen molar-refractivity contribution in [2.24, 2.45) is 0 Å². The van der Waals surface area contributed by atoms with Gasteiger partial charge >= 0.3 is 5.97 Å². The minimum absolute atomic E-state index is 0.122. The molecule has 43 heavy (non-hydrogen) atoms. The van der Waals surface area contributed by atoms with Crippen LogP contribution < -0.4 is 10.2 Å². The van der Waals surface area contributed by atoms with Crippen molar-refractivity contribution in [2.45, 2.75) is 30.7 Å². The van der Waals surface area contributed by atoms with Crippen LogP contribution in [-0.4, -0.2) is 89.2 Å². The van der Waals surface area contributed by atoms with Crippen LogP contribution in [0.15, 0.2) is 57.7 Å². The number of ether oxygens (including phenoxy) is 3. The van der Waals surface area contributed by atoms with Crippen LogP contribution in [0, 0.1) is 0 Å². The van der Waals surface area contributed by atoms with E-state index in [1.807, 2.05) is 0 Å². The topological polar surface area (TPSA) is 257 Å². The molecule has 4 aromatic rings. The fourth-order valence-electron chi connectivity index (χ4n) is 4.50. The molecule has 5 atom stereocenters. The van der Waals surface area contributed by atoms with Gasteiger partial charge in [0.15, 0.2) is 29.1 Å². The Balaban J connectivity index is 1.49. The summed E-state index contributed by atoms with van der Waals surface area (Å²) in [4.78, 5) is 26.2. The van der Waals surface area contributed by atoms with Gasteiger partial charge in [0.1, 0.15) is 46.5 Å². The Bertz CT molecular complexity index is 1720. The quantitative estimate of drug-likeness (QED) is 0.109. The fraction of sp³-hybridized carbons (Fsp3) is 0.214. The van der Waals surface area contributed by atoms with Gasteiger partial charge in [0.2, 0.25) is 17.5 Å². The van der Waals surface area contributed by atoms with E-state index in [0.29, 0.717) is 0 Å². The standard InChI is InChI=1S/C28H24O15/c29-9-18-25(42-27(39)11-5-15(33)20(35)16(34)6-11)22(37)23(38)28(41-18)43-26-21(36)19-14(32)7-13(31)8-17(19)40-24(26)10-1-3-12(30)4-2-10/h1-8,18,22-23,25,28-35,37-38H,9H2/t18-,22-,23-,25-,28+/m0/s1. The molecule has 1 saturated heterocycles. The van der Waals surface area contributed by atoms with Crippen LogP contribution in [0.3, 0.4) is 0 Å². The third-order valence-corrected chi connectivity index (χ3v) is 6.65. The first-order chi connectivity index (χ1) is 20.4. The van der Waals surface area contributed by atoms with Gasteiger partial charge in [0.25, 0.3) is 0 Å². The Morgan fingerprint density at radius 3 is 2.12 bits per heavy atom. The molecular weight excluding hydrogens is 576 g/mol. The second kappa shape index (κ2) is 11.2. The van der Waals surface area contributed by atoms with Crippen LogP contribution in [0.25, 0.3) is 22.3 Å². The van der Waals surface area contributed by atoms with E-state index in [0.717, 1.165) is 24.3 Å². The lowest BCUT2D eigenvalue weighted by atomic mass is 9.98. The molecule has 9 N–H and O–H groups in total. The molecule has 1 aliphatic heterocycles. The van der Waals surface area contributed by atoms with Crippen molar-refractivity contribution in [1.82, 2.24) is 0 Å². The lowest BCUT2D eigenvalue weighted by molar-refractivity contribution is -0.277. The fourth-order valence-corrected chi connectivity index (χ4v) is 4.50. The van der Waals surface area contributed by atoms with E-state index in [2.05, 4.69) is 0 Å². The molecule has 0 amide bonds. The monoisotopic (exact) mass is 600 g/mol. The second-order valence-corrected chi connectivity index (χ2v) is 9.53. The maximum absolute atomic E-state index is 13.5. The zero-order chi connectivity index (χ0) is 31.2. The Morgan fingerprint density at radius 1 is 0.837 bits per heavy atom. The molecule has 1 aromatic heterocycles. The summed E-state index contributed by atoms with van der Waals surface area (Å²) in [5, 5.41) is 90.0. The predicted octanol–water partition coefficient (Wildman–Crippen LogP) is 0.737. The van der Waals surface area contributed by atoms with E-state index >= 15 is 0 Å². The Morgan fingerprint density at radius 2 is 1.49 bits per heavy atom.